The number of nitrogen functional groups attached to an aromatic ring is 1. The van der Waals surface area contributed by atoms with Crippen molar-refractivity contribution in [3.05, 3.63) is 43.2 Å². The van der Waals surface area contributed by atoms with Crippen LogP contribution in [0.2, 0.25) is 0 Å². The maximum atomic E-state index is 12.0. The summed E-state index contributed by atoms with van der Waals surface area (Å²) in [7, 11) is 0. The van der Waals surface area contributed by atoms with Gasteiger partial charge >= 0.3 is 0 Å². The van der Waals surface area contributed by atoms with Crippen LogP contribution in [0.15, 0.2) is 23.6 Å². The molecule has 2 rings (SSSR count). The van der Waals surface area contributed by atoms with E-state index in [4.69, 9.17) is 5.73 Å². The zero-order chi connectivity index (χ0) is 13.3. The van der Waals surface area contributed by atoms with Crippen molar-refractivity contribution in [3.8, 4) is 0 Å². The molecule has 0 radical (unpaired) electrons. The van der Waals surface area contributed by atoms with E-state index < -0.39 is 0 Å². The molecule has 1 heterocycles. The third-order valence-corrected chi connectivity index (χ3v) is 4.48. The third-order valence-electron chi connectivity index (χ3n) is 2.69. The van der Waals surface area contributed by atoms with Crippen LogP contribution >= 0.6 is 33.9 Å². The van der Waals surface area contributed by atoms with Crippen LogP contribution in [0.3, 0.4) is 0 Å². The second-order valence-electron chi connectivity index (χ2n) is 4.12. The molecule has 18 heavy (non-hydrogen) atoms. The number of carbonyl (C=O) groups excluding carboxylic acids is 1. The SMILES string of the molecule is Cc1cc(NC(=O)c2csc(I)c2)c(C)cc1N. The summed E-state index contributed by atoms with van der Waals surface area (Å²) in [6.45, 7) is 3.86. The van der Waals surface area contributed by atoms with Gasteiger partial charge in [-0.1, -0.05) is 0 Å². The molecule has 1 aromatic carbocycles. The highest BCUT2D eigenvalue weighted by atomic mass is 127. The van der Waals surface area contributed by atoms with Gasteiger partial charge in [-0.15, -0.1) is 11.3 Å². The second-order valence-corrected chi connectivity index (χ2v) is 6.92. The number of carbonyl (C=O) groups is 1. The number of benzene rings is 1. The fourth-order valence-corrected chi connectivity index (χ4v) is 2.92. The van der Waals surface area contributed by atoms with Crippen molar-refractivity contribution in [1.29, 1.82) is 0 Å². The largest absolute Gasteiger partial charge is 0.399 e. The number of nitrogens with one attached hydrogen (secondary N) is 1. The van der Waals surface area contributed by atoms with Gasteiger partial charge in [0.05, 0.1) is 8.45 Å². The molecule has 0 saturated carbocycles. The smallest absolute Gasteiger partial charge is 0.256 e. The Bertz CT molecular complexity index is 607. The van der Waals surface area contributed by atoms with Crippen molar-refractivity contribution in [2.45, 2.75) is 13.8 Å². The number of hydrogen-bond donors (Lipinski definition) is 2. The van der Waals surface area contributed by atoms with Gasteiger partial charge in [0, 0.05) is 16.8 Å². The maximum Gasteiger partial charge on any atom is 0.256 e. The lowest BCUT2D eigenvalue weighted by atomic mass is 10.1. The number of aryl methyl sites for hydroxylation is 2. The first-order valence-electron chi connectivity index (χ1n) is 5.39. The van der Waals surface area contributed by atoms with Crippen molar-refractivity contribution >= 4 is 51.2 Å². The highest BCUT2D eigenvalue weighted by molar-refractivity contribution is 14.1. The van der Waals surface area contributed by atoms with E-state index in [0.717, 1.165) is 25.4 Å². The van der Waals surface area contributed by atoms with Crippen LogP contribution in [-0.4, -0.2) is 5.91 Å². The van der Waals surface area contributed by atoms with Gasteiger partial charge in [0.25, 0.3) is 5.91 Å². The number of thiophene rings is 1. The number of rotatable bonds is 2. The van der Waals surface area contributed by atoms with E-state index >= 15 is 0 Å². The zero-order valence-electron chi connectivity index (χ0n) is 10.1. The van der Waals surface area contributed by atoms with Crippen molar-refractivity contribution in [2.24, 2.45) is 0 Å². The van der Waals surface area contributed by atoms with E-state index in [1.165, 1.54) is 0 Å². The number of hydrogen-bond acceptors (Lipinski definition) is 3. The van der Waals surface area contributed by atoms with E-state index in [1.54, 1.807) is 11.3 Å². The molecule has 2 aromatic rings. The number of amides is 1. The molecule has 1 amide bonds. The molecule has 3 N–H and O–H groups in total. The minimum absolute atomic E-state index is 0.0820. The molecule has 0 aliphatic rings. The Labute approximate surface area is 124 Å². The molecular weight excluding hydrogens is 359 g/mol. The van der Waals surface area contributed by atoms with Crippen molar-refractivity contribution < 1.29 is 4.79 Å². The topological polar surface area (TPSA) is 55.1 Å². The highest BCUT2D eigenvalue weighted by Crippen LogP contribution is 2.23. The van der Waals surface area contributed by atoms with Crippen molar-refractivity contribution in [3.63, 3.8) is 0 Å². The summed E-state index contributed by atoms with van der Waals surface area (Å²) in [6, 6.07) is 5.66. The molecule has 3 nitrogen and oxygen atoms in total. The number of anilines is 2. The van der Waals surface area contributed by atoms with E-state index in [1.807, 2.05) is 37.4 Å². The predicted molar refractivity (Wildman–Crippen MR) is 85.3 cm³/mol. The fraction of sp³-hybridized carbons (Fsp3) is 0.154. The molecule has 94 valence electrons. The van der Waals surface area contributed by atoms with Crippen LogP contribution in [0.25, 0.3) is 0 Å². The van der Waals surface area contributed by atoms with Gasteiger partial charge in [0.15, 0.2) is 0 Å². The highest BCUT2D eigenvalue weighted by Gasteiger charge is 2.10. The predicted octanol–water partition coefficient (Wildman–Crippen LogP) is 3.80. The molecule has 0 aliphatic heterocycles. The Morgan fingerprint density at radius 3 is 2.61 bits per heavy atom. The van der Waals surface area contributed by atoms with Gasteiger partial charge in [-0.25, -0.2) is 0 Å². The van der Waals surface area contributed by atoms with Crippen LogP contribution in [0.4, 0.5) is 11.4 Å². The van der Waals surface area contributed by atoms with E-state index in [2.05, 4.69) is 27.9 Å². The molecule has 0 spiro atoms. The molecule has 0 bridgehead atoms. The Morgan fingerprint density at radius 1 is 1.28 bits per heavy atom. The Balaban J connectivity index is 2.24. The normalized spacial score (nSPS) is 10.4. The van der Waals surface area contributed by atoms with Gasteiger partial charge in [-0.05, 0) is 65.8 Å². The summed E-state index contributed by atoms with van der Waals surface area (Å²) >= 11 is 3.76. The quantitative estimate of drug-likeness (QED) is 0.622. The summed E-state index contributed by atoms with van der Waals surface area (Å²) < 4.78 is 1.10. The lowest BCUT2D eigenvalue weighted by Crippen LogP contribution is -2.12. The van der Waals surface area contributed by atoms with Gasteiger partial charge in [-0.2, -0.15) is 0 Å². The van der Waals surface area contributed by atoms with Gasteiger partial charge in [0.1, 0.15) is 0 Å². The first-order chi connectivity index (χ1) is 8.47. The van der Waals surface area contributed by atoms with Crippen LogP contribution < -0.4 is 11.1 Å². The summed E-state index contributed by atoms with van der Waals surface area (Å²) in [5.41, 5.74) is 10.0. The Hall–Kier alpha value is -1.08. The molecule has 1 aromatic heterocycles. The summed E-state index contributed by atoms with van der Waals surface area (Å²) in [6.07, 6.45) is 0. The fourth-order valence-electron chi connectivity index (χ4n) is 1.60. The zero-order valence-corrected chi connectivity index (χ0v) is 13.1. The first-order valence-corrected chi connectivity index (χ1v) is 7.35. The average molecular weight is 372 g/mol. The van der Waals surface area contributed by atoms with Gasteiger partial charge in [-0.3, -0.25) is 4.79 Å². The van der Waals surface area contributed by atoms with E-state index in [9.17, 15) is 4.79 Å². The number of nitrogens with two attached hydrogens (primary N) is 1. The molecule has 5 heteroatoms. The summed E-state index contributed by atoms with van der Waals surface area (Å²) in [5.74, 6) is -0.0820. The number of halogens is 1. The Kier molecular flexibility index (Phi) is 3.91. The van der Waals surface area contributed by atoms with Crippen molar-refractivity contribution in [1.82, 2.24) is 0 Å². The van der Waals surface area contributed by atoms with Crippen LogP contribution in [0, 0.1) is 16.7 Å². The second kappa shape index (κ2) is 5.27. The first kappa shape index (κ1) is 13.4. The minimum Gasteiger partial charge on any atom is -0.399 e. The monoisotopic (exact) mass is 372 g/mol. The van der Waals surface area contributed by atoms with Gasteiger partial charge < -0.3 is 11.1 Å². The van der Waals surface area contributed by atoms with Crippen LogP contribution in [0.5, 0.6) is 0 Å². The molecule has 0 saturated heterocycles. The molecular formula is C13H13IN2OS. The van der Waals surface area contributed by atoms with E-state index in [0.29, 0.717) is 5.56 Å². The lowest BCUT2D eigenvalue weighted by molar-refractivity contribution is 0.102. The van der Waals surface area contributed by atoms with Crippen LogP contribution in [0.1, 0.15) is 21.5 Å². The molecule has 0 fully saturated rings. The maximum absolute atomic E-state index is 12.0. The lowest BCUT2D eigenvalue weighted by Gasteiger charge is -2.10. The summed E-state index contributed by atoms with van der Waals surface area (Å²) in [5, 5.41) is 4.77. The molecule has 0 unspecified atom stereocenters. The van der Waals surface area contributed by atoms with Crippen molar-refractivity contribution in [2.75, 3.05) is 11.1 Å². The van der Waals surface area contributed by atoms with Crippen LogP contribution in [-0.2, 0) is 0 Å². The third kappa shape index (κ3) is 2.84. The molecule has 0 aliphatic carbocycles. The minimum atomic E-state index is -0.0820. The average Bonchev–Trinajstić information content (AvgIpc) is 2.73. The molecule has 0 atom stereocenters. The summed E-state index contributed by atoms with van der Waals surface area (Å²) in [4.78, 5) is 12.0. The van der Waals surface area contributed by atoms with Gasteiger partial charge in [0.2, 0.25) is 0 Å². The van der Waals surface area contributed by atoms with E-state index in [-0.39, 0.29) is 5.91 Å². The standard InChI is InChI=1S/C13H13IN2OS/c1-7-4-11(8(2)3-10(7)15)16-13(17)9-5-12(14)18-6-9/h3-6H,15H2,1-2H3,(H,16,17). The Morgan fingerprint density at radius 2 is 2.00 bits per heavy atom.